The molecule has 0 fully saturated rings. The van der Waals surface area contributed by atoms with E-state index in [1.165, 1.54) is 14.2 Å². The van der Waals surface area contributed by atoms with Crippen molar-refractivity contribution in [1.29, 1.82) is 0 Å². The van der Waals surface area contributed by atoms with Gasteiger partial charge in [0.05, 0.1) is 26.8 Å². The Morgan fingerprint density at radius 2 is 1.90 bits per heavy atom. The van der Waals surface area contributed by atoms with Crippen LogP contribution in [0.25, 0.3) is 0 Å². The van der Waals surface area contributed by atoms with E-state index in [1.54, 1.807) is 17.0 Å². The lowest BCUT2D eigenvalue weighted by Crippen LogP contribution is -2.37. The fraction of sp³-hybridized carbons (Fsp3) is 0.450. The summed E-state index contributed by atoms with van der Waals surface area (Å²) in [6, 6.07) is 5.38. The number of nitrogens with zero attached hydrogens (tertiary/aromatic N) is 1. The van der Waals surface area contributed by atoms with E-state index in [0.29, 0.717) is 25.3 Å². The van der Waals surface area contributed by atoms with E-state index in [-0.39, 0.29) is 5.70 Å². The predicted molar refractivity (Wildman–Crippen MR) is 107 cm³/mol. The molecule has 1 aromatic rings. The molecule has 0 unspecified atom stereocenters. The number of nitrogens with one attached hydrogen (secondary N) is 2. The molecule has 0 saturated heterocycles. The van der Waals surface area contributed by atoms with E-state index in [9.17, 15) is 14.4 Å². The summed E-state index contributed by atoms with van der Waals surface area (Å²) in [6.45, 7) is 6.86. The minimum absolute atomic E-state index is 0.0649. The van der Waals surface area contributed by atoms with Gasteiger partial charge < -0.3 is 29.7 Å². The summed E-state index contributed by atoms with van der Waals surface area (Å²) in [5, 5.41) is 6.14. The second kappa shape index (κ2) is 9.31. The van der Waals surface area contributed by atoms with Gasteiger partial charge in [0.1, 0.15) is 11.3 Å². The maximum Gasteiger partial charge on any atom is 0.410 e. The average Bonchev–Trinajstić information content (AvgIpc) is 2.87. The molecule has 2 N–H and O–H groups in total. The van der Waals surface area contributed by atoms with Crippen LogP contribution in [-0.4, -0.2) is 55.8 Å². The smallest absolute Gasteiger partial charge is 0.410 e. The van der Waals surface area contributed by atoms with E-state index >= 15 is 0 Å². The summed E-state index contributed by atoms with van der Waals surface area (Å²) in [5.41, 5.74) is 1.61. The van der Waals surface area contributed by atoms with Gasteiger partial charge in [-0.3, -0.25) is 0 Å². The Bertz CT molecular complexity index is 813. The van der Waals surface area contributed by atoms with Crippen molar-refractivity contribution in [2.75, 3.05) is 37.9 Å². The first kappa shape index (κ1) is 22.1. The van der Waals surface area contributed by atoms with Crippen LogP contribution in [0.4, 0.5) is 16.2 Å². The lowest BCUT2D eigenvalue weighted by molar-refractivity contribution is -0.138. The molecular formula is C20H27N3O6. The van der Waals surface area contributed by atoms with Crippen LogP contribution in [-0.2, 0) is 30.3 Å². The second-order valence-electron chi connectivity index (χ2n) is 7.40. The first-order valence-corrected chi connectivity index (χ1v) is 9.12. The van der Waals surface area contributed by atoms with Crippen molar-refractivity contribution >= 4 is 29.4 Å². The standard InChI is InChI=1S/C20H27N3O6/c1-20(2,3)29-19(26)23-9-8-21-15-7-6-14(10-13(15)12-23)22-16(18(25)28-5)11-17(24)27-4/h6-7,10-11,21-22H,8-9,12H2,1-5H3/b16-11+. The molecule has 9 nitrogen and oxygen atoms in total. The normalized spacial score (nSPS) is 14.1. The van der Waals surface area contributed by atoms with Crippen molar-refractivity contribution in [2.24, 2.45) is 0 Å². The number of methoxy groups -OCH3 is 2. The highest BCUT2D eigenvalue weighted by atomic mass is 16.6. The van der Waals surface area contributed by atoms with Crippen molar-refractivity contribution < 1.29 is 28.6 Å². The SMILES string of the molecule is COC(=O)/C=C(/Nc1ccc2c(c1)CN(C(=O)OC(C)(C)C)CCN2)C(=O)OC. The van der Waals surface area contributed by atoms with E-state index in [0.717, 1.165) is 17.3 Å². The highest BCUT2D eigenvalue weighted by Crippen LogP contribution is 2.26. The Labute approximate surface area is 170 Å². The predicted octanol–water partition coefficient (Wildman–Crippen LogP) is 2.49. The molecule has 0 bridgehead atoms. The summed E-state index contributed by atoms with van der Waals surface area (Å²) in [4.78, 5) is 37.5. The van der Waals surface area contributed by atoms with Crippen LogP contribution in [0, 0.1) is 0 Å². The molecule has 0 aliphatic carbocycles. The molecule has 0 radical (unpaired) electrons. The summed E-state index contributed by atoms with van der Waals surface area (Å²) in [5.74, 6) is -1.40. The van der Waals surface area contributed by atoms with Crippen molar-refractivity contribution in [3.05, 3.63) is 35.5 Å². The van der Waals surface area contributed by atoms with Crippen LogP contribution in [0.15, 0.2) is 30.0 Å². The molecule has 0 spiro atoms. The number of hydrogen-bond donors (Lipinski definition) is 2. The Hall–Kier alpha value is -3.23. The monoisotopic (exact) mass is 405 g/mol. The zero-order valence-electron chi connectivity index (χ0n) is 17.3. The molecule has 158 valence electrons. The molecule has 9 heteroatoms. The van der Waals surface area contributed by atoms with Crippen LogP contribution in [0.3, 0.4) is 0 Å². The molecule has 0 aromatic heterocycles. The number of hydrogen-bond acceptors (Lipinski definition) is 8. The molecule has 1 heterocycles. The number of rotatable bonds is 4. The first-order chi connectivity index (χ1) is 13.6. The van der Waals surface area contributed by atoms with Crippen LogP contribution in [0.1, 0.15) is 26.3 Å². The first-order valence-electron chi connectivity index (χ1n) is 9.12. The number of carbonyl (C=O) groups is 3. The molecule has 0 atom stereocenters. The Morgan fingerprint density at radius 1 is 1.17 bits per heavy atom. The maximum atomic E-state index is 12.5. The van der Waals surface area contributed by atoms with Crippen molar-refractivity contribution in [2.45, 2.75) is 32.9 Å². The van der Waals surface area contributed by atoms with Crippen LogP contribution in [0.5, 0.6) is 0 Å². The average molecular weight is 405 g/mol. The van der Waals surface area contributed by atoms with Gasteiger partial charge in [0.2, 0.25) is 0 Å². The minimum Gasteiger partial charge on any atom is -0.466 e. The lowest BCUT2D eigenvalue weighted by atomic mass is 10.1. The third-order valence-corrected chi connectivity index (χ3v) is 3.96. The van der Waals surface area contributed by atoms with Gasteiger partial charge in [-0.1, -0.05) is 0 Å². The van der Waals surface area contributed by atoms with Crippen molar-refractivity contribution in [1.82, 2.24) is 4.90 Å². The van der Waals surface area contributed by atoms with Gasteiger partial charge in [-0.25, -0.2) is 14.4 Å². The van der Waals surface area contributed by atoms with Crippen molar-refractivity contribution in [3.8, 4) is 0 Å². The molecule has 2 rings (SSSR count). The fourth-order valence-corrected chi connectivity index (χ4v) is 2.66. The quantitative estimate of drug-likeness (QED) is 0.447. The molecular weight excluding hydrogens is 378 g/mol. The van der Waals surface area contributed by atoms with Crippen LogP contribution < -0.4 is 10.6 Å². The lowest BCUT2D eigenvalue weighted by Gasteiger charge is -2.26. The van der Waals surface area contributed by atoms with E-state index in [4.69, 9.17) is 9.47 Å². The number of benzene rings is 1. The van der Waals surface area contributed by atoms with E-state index < -0.39 is 23.6 Å². The number of anilines is 2. The zero-order valence-corrected chi connectivity index (χ0v) is 17.3. The summed E-state index contributed by atoms with van der Waals surface area (Å²) in [7, 11) is 2.43. The van der Waals surface area contributed by atoms with E-state index in [1.807, 2.05) is 26.8 Å². The highest BCUT2D eigenvalue weighted by molar-refractivity contribution is 5.98. The van der Waals surface area contributed by atoms with E-state index in [2.05, 4.69) is 15.4 Å². The molecule has 0 saturated carbocycles. The Morgan fingerprint density at radius 3 is 2.52 bits per heavy atom. The molecule has 29 heavy (non-hydrogen) atoms. The second-order valence-corrected chi connectivity index (χ2v) is 7.40. The molecule has 1 aliphatic heterocycles. The largest absolute Gasteiger partial charge is 0.466 e. The highest BCUT2D eigenvalue weighted by Gasteiger charge is 2.25. The van der Waals surface area contributed by atoms with Gasteiger partial charge in [0.25, 0.3) is 0 Å². The fourth-order valence-electron chi connectivity index (χ4n) is 2.66. The minimum atomic E-state index is -0.709. The van der Waals surface area contributed by atoms with Crippen molar-refractivity contribution in [3.63, 3.8) is 0 Å². The van der Waals surface area contributed by atoms with Gasteiger partial charge >= 0.3 is 18.0 Å². The third-order valence-electron chi connectivity index (χ3n) is 3.96. The number of fused-ring (bicyclic) bond motifs is 1. The number of ether oxygens (including phenoxy) is 3. The van der Waals surface area contributed by atoms with Gasteiger partial charge in [-0.2, -0.15) is 0 Å². The van der Waals surface area contributed by atoms with Gasteiger partial charge in [0, 0.05) is 24.5 Å². The molecule has 1 amide bonds. The van der Waals surface area contributed by atoms with Gasteiger partial charge in [0.15, 0.2) is 0 Å². The maximum absolute atomic E-state index is 12.5. The molecule has 1 aliphatic rings. The number of esters is 2. The summed E-state index contributed by atoms with van der Waals surface area (Å²) < 4.78 is 14.7. The Kier molecular flexibility index (Phi) is 7.08. The number of amides is 1. The third kappa shape index (κ3) is 6.41. The molecule has 1 aromatic carbocycles. The number of carbonyl (C=O) groups excluding carboxylic acids is 3. The topological polar surface area (TPSA) is 106 Å². The van der Waals surface area contributed by atoms with Gasteiger partial charge in [-0.15, -0.1) is 0 Å². The van der Waals surface area contributed by atoms with Crippen LogP contribution >= 0.6 is 0 Å². The Balaban J connectivity index is 2.24. The zero-order chi connectivity index (χ0) is 21.6. The van der Waals surface area contributed by atoms with Gasteiger partial charge in [-0.05, 0) is 44.5 Å². The van der Waals surface area contributed by atoms with Crippen LogP contribution in [0.2, 0.25) is 0 Å². The summed E-state index contributed by atoms with van der Waals surface area (Å²) in [6.07, 6.45) is 0.620. The summed E-state index contributed by atoms with van der Waals surface area (Å²) >= 11 is 0.